The molecule has 0 spiro atoms. The van der Waals surface area contributed by atoms with Crippen LogP contribution in [0.25, 0.3) is 0 Å². The molecular weight excluding hydrogens is 639 g/mol. The average molecular weight is 666 g/mol. The van der Waals surface area contributed by atoms with E-state index in [1.54, 1.807) is 47.4 Å². The first kappa shape index (κ1) is 28.9. The topological polar surface area (TPSA) is 108 Å². The van der Waals surface area contributed by atoms with Crippen molar-refractivity contribution in [3.8, 4) is 0 Å². The van der Waals surface area contributed by atoms with Gasteiger partial charge in [-0.1, -0.05) is 57.3 Å². The van der Waals surface area contributed by atoms with Gasteiger partial charge in [0.15, 0.2) is 0 Å². The molecule has 3 aromatic rings. The van der Waals surface area contributed by atoms with E-state index in [-0.39, 0.29) is 30.8 Å². The fourth-order valence-corrected chi connectivity index (χ4v) is 6.95. The first-order valence-electron chi connectivity index (χ1n) is 12.6. The van der Waals surface area contributed by atoms with Gasteiger partial charge in [0.25, 0.3) is 11.8 Å². The number of rotatable bonds is 7. The molecule has 2 aliphatic heterocycles. The van der Waals surface area contributed by atoms with E-state index in [1.807, 2.05) is 18.2 Å². The average Bonchev–Trinajstić information content (AvgIpc) is 3.12. The van der Waals surface area contributed by atoms with E-state index in [9.17, 15) is 18.0 Å². The standard InChI is InChI=1S/C28H27BrCl2N4O4S/c1-40(38,39)34-21-6-3-11-35(16-21)26(36)22-9-7-18(29)13-24(22)33-28(15-17-4-2-5-19(30)12-17)23-10-8-20(31)14-25(23)32-27(28)37/h2,4-5,7-10,12-14,21,33-34H,3,6,11,15-16H2,1H3,(H,32,37)/t21?,28-/m0/s1. The molecule has 2 atom stereocenters. The quantitative estimate of drug-likeness (QED) is 0.313. The molecule has 12 heteroatoms. The fourth-order valence-electron chi connectivity index (χ4n) is 5.41. The zero-order valence-electron chi connectivity index (χ0n) is 21.5. The lowest BCUT2D eigenvalue weighted by Gasteiger charge is -2.35. The third kappa shape index (κ3) is 6.16. The Morgan fingerprint density at radius 3 is 2.65 bits per heavy atom. The van der Waals surface area contributed by atoms with E-state index < -0.39 is 15.6 Å². The van der Waals surface area contributed by atoms with Crippen LogP contribution in [-0.4, -0.2) is 50.5 Å². The molecule has 0 bridgehead atoms. The number of hydrogen-bond acceptors (Lipinski definition) is 5. The molecule has 2 amide bonds. The van der Waals surface area contributed by atoms with Crippen molar-refractivity contribution in [1.82, 2.24) is 9.62 Å². The number of sulfonamides is 1. The van der Waals surface area contributed by atoms with Gasteiger partial charge < -0.3 is 15.5 Å². The number of fused-ring (bicyclic) bond motifs is 1. The highest BCUT2D eigenvalue weighted by Gasteiger charge is 2.47. The first-order chi connectivity index (χ1) is 18.9. The van der Waals surface area contributed by atoms with Crippen LogP contribution in [0, 0.1) is 0 Å². The molecule has 5 rings (SSSR count). The van der Waals surface area contributed by atoms with Gasteiger partial charge >= 0.3 is 0 Å². The molecule has 2 aliphatic rings. The normalized spacial score (nSPS) is 20.6. The Morgan fingerprint density at radius 1 is 1.12 bits per heavy atom. The van der Waals surface area contributed by atoms with Gasteiger partial charge in [-0.15, -0.1) is 0 Å². The number of anilines is 2. The van der Waals surface area contributed by atoms with Crippen molar-refractivity contribution in [2.24, 2.45) is 0 Å². The van der Waals surface area contributed by atoms with Gasteiger partial charge in [-0.05, 0) is 60.9 Å². The molecule has 0 aromatic heterocycles. The lowest BCUT2D eigenvalue weighted by molar-refractivity contribution is -0.119. The number of hydrogen-bond donors (Lipinski definition) is 3. The minimum absolute atomic E-state index is 0.247. The summed E-state index contributed by atoms with van der Waals surface area (Å²) in [5.41, 5.74) is 1.65. The Bertz CT molecular complexity index is 1600. The Morgan fingerprint density at radius 2 is 1.90 bits per heavy atom. The number of benzene rings is 3. The van der Waals surface area contributed by atoms with E-state index in [2.05, 4.69) is 31.3 Å². The fraction of sp³-hybridized carbons (Fsp3) is 0.286. The minimum atomic E-state index is -3.42. The number of piperidine rings is 1. The Labute approximate surface area is 251 Å². The van der Waals surface area contributed by atoms with E-state index >= 15 is 0 Å². The van der Waals surface area contributed by atoms with Gasteiger partial charge in [0.05, 0.1) is 11.8 Å². The van der Waals surface area contributed by atoms with Crippen LogP contribution in [-0.2, 0) is 26.8 Å². The van der Waals surface area contributed by atoms with Crippen molar-refractivity contribution >= 4 is 72.3 Å². The zero-order valence-corrected chi connectivity index (χ0v) is 25.4. The summed E-state index contributed by atoms with van der Waals surface area (Å²) in [6, 6.07) is 17.4. The summed E-state index contributed by atoms with van der Waals surface area (Å²) in [5.74, 6) is -0.554. The maximum atomic E-state index is 13.9. The summed E-state index contributed by atoms with van der Waals surface area (Å²) in [6.07, 6.45) is 2.66. The molecule has 3 aromatic carbocycles. The number of nitrogens with zero attached hydrogens (tertiary/aromatic N) is 1. The van der Waals surface area contributed by atoms with Crippen LogP contribution in [0.4, 0.5) is 11.4 Å². The third-order valence-electron chi connectivity index (χ3n) is 7.08. The smallest absolute Gasteiger partial charge is 0.256 e. The van der Waals surface area contributed by atoms with Gasteiger partial charge in [-0.2, -0.15) is 0 Å². The van der Waals surface area contributed by atoms with Crippen LogP contribution in [0.1, 0.15) is 34.3 Å². The lowest BCUT2D eigenvalue weighted by Crippen LogP contribution is -2.49. The van der Waals surface area contributed by atoms with E-state index in [0.29, 0.717) is 51.9 Å². The van der Waals surface area contributed by atoms with Crippen LogP contribution >= 0.6 is 39.1 Å². The predicted molar refractivity (Wildman–Crippen MR) is 162 cm³/mol. The number of amides is 2. The largest absolute Gasteiger partial charge is 0.367 e. The van der Waals surface area contributed by atoms with Crippen LogP contribution in [0.15, 0.2) is 65.1 Å². The number of carbonyl (C=O) groups excluding carboxylic acids is 2. The van der Waals surface area contributed by atoms with Crippen LogP contribution < -0.4 is 15.4 Å². The summed E-state index contributed by atoms with van der Waals surface area (Å²) in [7, 11) is -3.42. The monoisotopic (exact) mass is 664 g/mol. The molecule has 1 saturated heterocycles. The Hall–Kier alpha value is -2.63. The van der Waals surface area contributed by atoms with Gasteiger partial charge in [-0.25, -0.2) is 13.1 Å². The molecule has 210 valence electrons. The Kier molecular flexibility index (Phi) is 8.18. The van der Waals surface area contributed by atoms with Crippen molar-refractivity contribution in [2.45, 2.75) is 30.8 Å². The van der Waals surface area contributed by atoms with Crippen molar-refractivity contribution < 1.29 is 18.0 Å². The van der Waals surface area contributed by atoms with Crippen LogP contribution in [0.2, 0.25) is 10.0 Å². The maximum absolute atomic E-state index is 13.9. The molecule has 40 heavy (non-hydrogen) atoms. The molecule has 8 nitrogen and oxygen atoms in total. The molecule has 0 radical (unpaired) electrons. The van der Waals surface area contributed by atoms with E-state index in [1.165, 1.54) is 0 Å². The zero-order chi connectivity index (χ0) is 28.7. The maximum Gasteiger partial charge on any atom is 0.256 e. The second-order valence-corrected chi connectivity index (χ2v) is 13.7. The Balaban J connectivity index is 1.55. The molecule has 0 saturated carbocycles. The number of halogens is 3. The summed E-state index contributed by atoms with van der Waals surface area (Å²) in [6.45, 7) is 0.739. The van der Waals surface area contributed by atoms with Gasteiger partial charge in [-0.3, -0.25) is 9.59 Å². The minimum Gasteiger partial charge on any atom is -0.367 e. The lowest BCUT2D eigenvalue weighted by atomic mass is 9.84. The van der Waals surface area contributed by atoms with Gasteiger partial charge in [0, 0.05) is 57.0 Å². The SMILES string of the molecule is CS(=O)(=O)NC1CCCN(C(=O)c2ccc(Br)cc2N[C@]2(Cc3cccc(Cl)c3)C(=O)Nc3cc(Cl)ccc32)C1. The first-order valence-corrected chi connectivity index (χ1v) is 16.1. The van der Waals surface area contributed by atoms with Gasteiger partial charge in [0.2, 0.25) is 10.0 Å². The number of carbonyl (C=O) groups is 2. The van der Waals surface area contributed by atoms with Crippen molar-refractivity contribution in [3.05, 3.63) is 91.9 Å². The molecular formula is C28H27BrCl2N4O4S. The van der Waals surface area contributed by atoms with Crippen molar-refractivity contribution in [3.63, 3.8) is 0 Å². The third-order valence-corrected chi connectivity index (χ3v) is 8.81. The van der Waals surface area contributed by atoms with E-state index in [0.717, 1.165) is 16.3 Å². The van der Waals surface area contributed by atoms with Crippen LogP contribution in [0.3, 0.4) is 0 Å². The van der Waals surface area contributed by atoms with E-state index in [4.69, 9.17) is 23.2 Å². The molecule has 3 N–H and O–H groups in total. The van der Waals surface area contributed by atoms with Crippen LogP contribution in [0.5, 0.6) is 0 Å². The second-order valence-electron chi connectivity index (χ2n) is 10.2. The second kappa shape index (κ2) is 11.3. The molecule has 0 aliphatic carbocycles. The number of nitrogens with one attached hydrogen (secondary N) is 3. The van der Waals surface area contributed by atoms with Crippen molar-refractivity contribution in [1.29, 1.82) is 0 Å². The molecule has 2 heterocycles. The molecule has 1 fully saturated rings. The summed E-state index contributed by atoms with van der Waals surface area (Å²) in [5, 5.41) is 7.42. The predicted octanol–water partition coefficient (Wildman–Crippen LogP) is 5.41. The van der Waals surface area contributed by atoms with Gasteiger partial charge in [0.1, 0.15) is 5.54 Å². The summed E-state index contributed by atoms with van der Waals surface area (Å²) < 4.78 is 26.9. The highest BCUT2D eigenvalue weighted by molar-refractivity contribution is 9.10. The highest BCUT2D eigenvalue weighted by atomic mass is 79.9. The highest BCUT2D eigenvalue weighted by Crippen LogP contribution is 2.43. The number of likely N-dealkylation sites (tertiary alicyclic amines) is 1. The summed E-state index contributed by atoms with van der Waals surface area (Å²) >= 11 is 16.0. The molecule has 1 unspecified atom stereocenters. The summed E-state index contributed by atoms with van der Waals surface area (Å²) in [4.78, 5) is 29.3. The van der Waals surface area contributed by atoms with Crippen molar-refractivity contribution in [2.75, 3.05) is 30.0 Å².